The number of aromatic nitrogens is 5. The summed E-state index contributed by atoms with van der Waals surface area (Å²) in [7, 11) is 0. The maximum Gasteiger partial charge on any atom is 0.184 e. The van der Waals surface area contributed by atoms with Crippen LogP contribution >= 0.6 is 0 Å². The highest BCUT2D eigenvalue weighted by atomic mass is 16.1. The number of hydrogen-bond donors (Lipinski definition) is 1. The number of anilines is 1. The molecule has 8 rings (SSSR count). The van der Waals surface area contributed by atoms with Crippen LogP contribution in [0.5, 0.6) is 0 Å². The van der Waals surface area contributed by atoms with Gasteiger partial charge in [0.15, 0.2) is 11.6 Å². The van der Waals surface area contributed by atoms with Crippen molar-refractivity contribution in [1.29, 1.82) is 0 Å². The molecule has 0 radical (unpaired) electrons. The Morgan fingerprint density at radius 1 is 0.800 bits per heavy atom. The van der Waals surface area contributed by atoms with Crippen LogP contribution in [0.15, 0.2) is 145 Å². The predicted octanol–water partition coefficient (Wildman–Crippen LogP) is 11.3. The minimum atomic E-state index is -0.852. The zero-order valence-corrected chi connectivity index (χ0v) is 35.2. The van der Waals surface area contributed by atoms with Gasteiger partial charge in [-0.25, -0.2) is 9.67 Å². The van der Waals surface area contributed by atoms with Gasteiger partial charge in [-0.15, -0.1) is 5.10 Å². The molecule has 302 valence electrons. The normalized spacial score (nSPS) is 14.8. The molecule has 0 amide bonds. The first-order chi connectivity index (χ1) is 29.2. The van der Waals surface area contributed by atoms with Gasteiger partial charge in [0.25, 0.3) is 0 Å². The number of fused-ring (bicyclic) bond motifs is 1. The van der Waals surface area contributed by atoms with E-state index in [1.54, 1.807) is 0 Å². The van der Waals surface area contributed by atoms with E-state index in [1.807, 2.05) is 49.7 Å². The number of ketones is 1. The van der Waals surface area contributed by atoms with Crippen LogP contribution in [0.4, 0.5) is 11.5 Å². The molecule has 60 heavy (non-hydrogen) atoms. The average molecular weight is 792 g/mol. The zero-order chi connectivity index (χ0) is 41.8. The summed E-state index contributed by atoms with van der Waals surface area (Å²) in [6.45, 7) is 10.5. The van der Waals surface area contributed by atoms with Gasteiger partial charge in [0.05, 0.1) is 0 Å². The van der Waals surface area contributed by atoms with Crippen molar-refractivity contribution in [3.8, 4) is 22.5 Å². The van der Waals surface area contributed by atoms with Crippen LogP contribution in [-0.4, -0.2) is 36.7 Å². The van der Waals surface area contributed by atoms with Crippen molar-refractivity contribution in [2.45, 2.75) is 72.3 Å². The van der Waals surface area contributed by atoms with Crippen molar-refractivity contribution in [2.24, 2.45) is 22.7 Å². The van der Waals surface area contributed by atoms with E-state index in [1.165, 1.54) is 11.1 Å². The minimum absolute atomic E-state index is 0.0171. The molecule has 0 saturated heterocycles. The van der Waals surface area contributed by atoms with Gasteiger partial charge < -0.3 is 5.73 Å². The van der Waals surface area contributed by atoms with Crippen LogP contribution in [0.25, 0.3) is 22.5 Å². The number of tetrazole rings is 1. The van der Waals surface area contributed by atoms with E-state index < -0.39 is 5.54 Å². The van der Waals surface area contributed by atoms with Gasteiger partial charge in [-0.05, 0) is 111 Å². The molecule has 8 heteroatoms. The molecule has 7 aromatic rings. The lowest BCUT2D eigenvalue weighted by Crippen LogP contribution is -2.39. The number of carbonyl (C=O) groups excluding carboxylic acids is 1. The van der Waals surface area contributed by atoms with Crippen LogP contribution in [0.1, 0.15) is 90.8 Å². The summed E-state index contributed by atoms with van der Waals surface area (Å²) in [4.78, 5) is 22.4. The number of carbonyl (C=O) groups is 1. The number of benzene rings is 5. The van der Waals surface area contributed by atoms with E-state index in [9.17, 15) is 4.79 Å². The summed E-state index contributed by atoms with van der Waals surface area (Å²) in [6.07, 6.45) is 4.26. The van der Waals surface area contributed by atoms with E-state index >= 15 is 0 Å². The monoisotopic (exact) mass is 791 g/mol. The van der Waals surface area contributed by atoms with Gasteiger partial charge in [0.1, 0.15) is 22.7 Å². The first kappa shape index (κ1) is 40.2. The molecule has 1 unspecified atom stereocenters. The van der Waals surface area contributed by atoms with Crippen LogP contribution in [-0.2, 0) is 18.4 Å². The number of nitrogen functional groups attached to an aromatic ring is 1. The maximum absolute atomic E-state index is 12.8. The molecule has 0 saturated carbocycles. The molecule has 1 aliphatic rings. The summed E-state index contributed by atoms with van der Waals surface area (Å²) in [5.74, 6) is 1.96. The Bertz CT molecular complexity index is 2510. The Labute approximate surface area is 353 Å². The van der Waals surface area contributed by atoms with E-state index in [0.717, 1.165) is 70.3 Å². The molecular weight excluding hydrogens is 739 g/mol. The second-order valence-electron chi connectivity index (χ2n) is 16.6. The Balaban J connectivity index is 1.12. The molecule has 0 bridgehead atoms. The highest BCUT2D eigenvalue weighted by Gasteiger charge is 2.42. The van der Waals surface area contributed by atoms with Crippen LogP contribution in [0.3, 0.4) is 0 Å². The highest BCUT2D eigenvalue weighted by Crippen LogP contribution is 2.44. The Morgan fingerprint density at radius 2 is 1.40 bits per heavy atom. The molecule has 2 aromatic heterocycles. The topological polar surface area (TPSA) is 112 Å². The van der Waals surface area contributed by atoms with Gasteiger partial charge in [-0.2, -0.15) is 0 Å². The number of aryl methyl sites for hydroxylation is 2. The summed E-state index contributed by atoms with van der Waals surface area (Å²) in [5.41, 5.74) is 17.8. The smallest absolute Gasteiger partial charge is 0.184 e. The van der Waals surface area contributed by atoms with E-state index in [0.29, 0.717) is 35.4 Å². The fourth-order valence-corrected chi connectivity index (χ4v) is 9.17. The van der Waals surface area contributed by atoms with Crippen LogP contribution in [0, 0.1) is 24.7 Å². The molecule has 2 atom stereocenters. The fraction of sp³-hybridized carbons (Fsp3) is 0.269. The number of rotatable bonds is 13. The number of nitrogens with two attached hydrogens (primary N) is 1. The zero-order valence-electron chi connectivity index (χ0n) is 35.2. The maximum atomic E-state index is 12.8. The van der Waals surface area contributed by atoms with Crippen molar-refractivity contribution >= 4 is 23.0 Å². The Kier molecular flexibility index (Phi) is 11.6. The van der Waals surface area contributed by atoms with E-state index in [-0.39, 0.29) is 17.6 Å². The molecule has 2 N–H and O–H groups in total. The van der Waals surface area contributed by atoms with Crippen molar-refractivity contribution < 1.29 is 4.79 Å². The van der Waals surface area contributed by atoms with E-state index in [4.69, 9.17) is 21.0 Å². The standard InChI is InChI=1S/C52H53N7O/c1-6-46(54-49-35(4)31-47(55-50(49)53)48(60)30-34(2)3)36(5)37-26-27-39-33-40(29-28-38(39)32-37)44-24-16-17-25-45(44)51-56-57-58-59(51)52(41-18-10-7-11-19-41,42-20-12-8-13-21-42)43-22-14-9-15-23-43/h7-25,28-29,31,33-34,36-37H,6,26-27,30,32H2,1-5H3,(H2,53,55)/t36-,37?/m0/s1. The molecule has 0 aliphatic heterocycles. The SMILES string of the molecule is CCC(=Nc1c(C)cc(C(=O)CC(C)C)nc1N)[C@@H](C)C1CCc2cc(-c3ccccc3-c3nnnn3C(c3ccccc3)(c3ccccc3)c3ccccc3)ccc2C1. The summed E-state index contributed by atoms with van der Waals surface area (Å²) < 4.78 is 2.01. The van der Waals surface area contributed by atoms with Gasteiger partial charge in [-0.1, -0.05) is 161 Å². The van der Waals surface area contributed by atoms with Crippen LogP contribution in [0.2, 0.25) is 0 Å². The number of hydrogen-bond acceptors (Lipinski definition) is 7. The first-order valence-corrected chi connectivity index (χ1v) is 21.2. The second kappa shape index (κ2) is 17.4. The molecule has 8 nitrogen and oxygen atoms in total. The third kappa shape index (κ3) is 7.70. The lowest BCUT2D eigenvalue weighted by molar-refractivity contribution is 0.0963. The molecule has 5 aromatic carbocycles. The first-order valence-electron chi connectivity index (χ1n) is 21.2. The third-order valence-electron chi connectivity index (χ3n) is 12.3. The van der Waals surface area contributed by atoms with Crippen molar-refractivity contribution in [1.82, 2.24) is 25.2 Å². The molecule has 1 aliphatic carbocycles. The van der Waals surface area contributed by atoms with Gasteiger partial charge in [-0.3, -0.25) is 9.79 Å². The largest absolute Gasteiger partial charge is 0.382 e. The predicted molar refractivity (Wildman–Crippen MR) is 243 cm³/mol. The van der Waals surface area contributed by atoms with Crippen molar-refractivity contribution in [3.63, 3.8) is 0 Å². The summed E-state index contributed by atoms with van der Waals surface area (Å²) >= 11 is 0. The number of pyridine rings is 1. The van der Waals surface area contributed by atoms with E-state index in [2.05, 4.69) is 139 Å². The molecule has 0 spiro atoms. The minimum Gasteiger partial charge on any atom is -0.382 e. The van der Waals surface area contributed by atoms with Crippen LogP contribution < -0.4 is 5.73 Å². The fourth-order valence-electron chi connectivity index (χ4n) is 9.17. The van der Waals surface area contributed by atoms with Gasteiger partial charge in [0.2, 0.25) is 0 Å². The van der Waals surface area contributed by atoms with Gasteiger partial charge >= 0.3 is 0 Å². The lowest BCUT2D eigenvalue weighted by atomic mass is 9.75. The average Bonchev–Trinajstić information content (AvgIpc) is 3.77. The lowest BCUT2D eigenvalue weighted by Gasteiger charge is -2.36. The Hall–Kier alpha value is -6.54. The van der Waals surface area contributed by atoms with Crippen molar-refractivity contribution in [2.75, 3.05) is 5.73 Å². The number of Topliss-reactive ketones (excluding diaryl/α,β-unsaturated/α-hetero) is 1. The second-order valence-corrected chi connectivity index (χ2v) is 16.6. The quantitative estimate of drug-likeness (QED) is 0.0707. The number of aliphatic imine (C=N–C) groups is 1. The summed E-state index contributed by atoms with van der Waals surface area (Å²) in [5, 5.41) is 14.0. The third-order valence-corrected chi connectivity index (χ3v) is 12.3. The highest BCUT2D eigenvalue weighted by molar-refractivity contribution is 5.96. The molecular formula is C52H53N7O. The van der Waals surface area contributed by atoms with Gasteiger partial charge in [0, 0.05) is 17.7 Å². The summed E-state index contributed by atoms with van der Waals surface area (Å²) in [6, 6.07) is 48.8. The van der Waals surface area contributed by atoms with Crippen molar-refractivity contribution in [3.05, 3.63) is 179 Å². The Morgan fingerprint density at radius 3 is 1.98 bits per heavy atom. The number of nitrogens with zero attached hydrogens (tertiary/aromatic N) is 6. The molecule has 2 heterocycles. The molecule has 0 fully saturated rings.